The van der Waals surface area contributed by atoms with E-state index in [1.165, 1.54) is 0 Å². The predicted octanol–water partition coefficient (Wildman–Crippen LogP) is 1.58. The normalized spacial score (nSPS) is 13.2. The maximum absolute atomic E-state index is 5.90. The van der Waals surface area contributed by atoms with Crippen molar-refractivity contribution in [2.75, 3.05) is 6.54 Å². The van der Waals surface area contributed by atoms with Gasteiger partial charge in [-0.25, -0.2) is 0 Å². The third-order valence-electron chi connectivity index (χ3n) is 2.12. The Balaban J connectivity index is 2.50. The van der Waals surface area contributed by atoms with Gasteiger partial charge in [0.15, 0.2) is 0 Å². The van der Waals surface area contributed by atoms with Gasteiger partial charge in [-0.15, -0.1) is 0 Å². The van der Waals surface area contributed by atoms with Gasteiger partial charge >= 0.3 is 0 Å². The molecule has 1 rings (SSSR count). The van der Waals surface area contributed by atoms with E-state index < -0.39 is 0 Å². The fourth-order valence-electron chi connectivity index (χ4n) is 1.26. The van der Waals surface area contributed by atoms with Gasteiger partial charge in [0, 0.05) is 6.42 Å². The summed E-state index contributed by atoms with van der Waals surface area (Å²) in [5.41, 5.74) is 11.3. The van der Waals surface area contributed by atoms with E-state index >= 15 is 0 Å². The summed E-state index contributed by atoms with van der Waals surface area (Å²) in [6, 6.07) is 3.95. The lowest BCUT2D eigenvalue weighted by atomic mass is 10.1. The van der Waals surface area contributed by atoms with E-state index in [0.717, 1.165) is 30.8 Å². The highest BCUT2D eigenvalue weighted by atomic mass is 16.3. The Labute approximate surface area is 79.1 Å². The molecule has 3 heteroatoms. The summed E-state index contributed by atoms with van der Waals surface area (Å²) >= 11 is 0. The Kier molecular flexibility index (Phi) is 3.99. The lowest BCUT2D eigenvalue weighted by Gasteiger charge is -2.06. The van der Waals surface area contributed by atoms with Gasteiger partial charge in [0.25, 0.3) is 0 Å². The number of hydrogen-bond acceptors (Lipinski definition) is 3. The highest BCUT2D eigenvalue weighted by Gasteiger charge is 2.09. The highest BCUT2D eigenvalue weighted by molar-refractivity contribution is 5.10. The SMILES string of the molecule is CCc1ccc([C@H](N)CCCN)o1. The molecule has 0 aromatic carbocycles. The van der Waals surface area contributed by atoms with Gasteiger partial charge in [-0.05, 0) is 31.5 Å². The molecule has 0 saturated carbocycles. The van der Waals surface area contributed by atoms with E-state index in [2.05, 4.69) is 6.92 Å². The van der Waals surface area contributed by atoms with Crippen LogP contribution in [-0.4, -0.2) is 6.54 Å². The first-order chi connectivity index (χ1) is 6.27. The molecule has 0 radical (unpaired) electrons. The van der Waals surface area contributed by atoms with Crippen molar-refractivity contribution < 1.29 is 4.42 Å². The van der Waals surface area contributed by atoms with Crippen LogP contribution in [0.5, 0.6) is 0 Å². The van der Waals surface area contributed by atoms with Gasteiger partial charge < -0.3 is 15.9 Å². The van der Waals surface area contributed by atoms with Crippen LogP contribution in [0.2, 0.25) is 0 Å². The Morgan fingerprint density at radius 2 is 2.23 bits per heavy atom. The van der Waals surface area contributed by atoms with Crippen LogP contribution in [0.3, 0.4) is 0 Å². The standard InChI is InChI=1S/C10H18N2O/c1-2-8-5-6-10(13-8)9(12)4-3-7-11/h5-6,9H,2-4,7,11-12H2,1H3/t9-/m1/s1. The van der Waals surface area contributed by atoms with Crippen LogP contribution in [0.15, 0.2) is 16.5 Å². The second-order valence-electron chi connectivity index (χ2n) is 3.20. The molecule has 0 fully saturated rings. The minimum Gasteiger partial charge on any atom is -0.464 e. The molecule has 0 aliphatic heterocycles. The van der Waals surface area contributed by atoms with Crippen LogP contribution in [0.25, 0.3) is 0 Å². The average Bonchev–Trinajstić information content (AvgIpc) is 2.62. The summed E-state index contributed by atoms with van der Waals surface area (Å²) in [4.78, 5) is 0. The quantitative estimate of drug-likeness (QED) is 0.726. The fraction of sp³-hybridized carbons (Fsp3) is 0.600. The Morgan fingerprint density at radius 1 is 1.46 bits per heavy atom. The molecule has 4 N–H and O–H groups in total. The van der Waals surface area contributed by atoms with Crippen molar-refractivity contribution >= 4 is 0 Å². The lowest BCUT2D eigenvalue weighted by Crippen LogP contribution is -2.11. The van der Waals surface area contributed by atoms with E-state index in [-0.39, 0.29) is 6.04 Å². The number of furan rings is 1. The summed E-state index contributed by atoms with van der Waals surface area (Å²) in [6.07, 6.45) is 2.76. The van der Waals surface area contributed by atoms with Crippen LogP contribution in [0.1, 0.15) is 37.3 Å². The second-order valence-corrected chi connectivity index (χ2v) is 3.20. The zero-order valence-corrected chi connectivity index (χ0v) is 8.12. The molecular formula is C10H18N2O. The summed E-state index contributed by atoms with van der Waals surface area (Å²) in [7, 11) is 0. The topological polar surface area (TPSA) is 65.2 Å². The van der Waals surface area contributed by atoms with Gasteiger partial charge in [-0.1, -0.05) is 6.92 Å². The third kappa shape index (κ3) is 2.86. The van der Waals surface area contributed by atoms with Crippen molar-refractivity contribution in [3.05, 3.63) is 23.7 Å². The summed E-state index contributed by atoms with van der Waals surface area (Å²) in [5, 5.41) is 0. The van der Waals surface area contributed by atoms with E-state index in [1.54, 1.807) is 0 Å². The second kappa shape index (κ2) is 5.04. The molecule has 1 aromatic rings. The van der Waals surface area contributed by atoms with Crippen LogP contribution < -0.4 is 11.5 Å². The Hall–Kier alpha value is -0.800. The van der Waals surface area contributed by atoms with Crippen LogP contribution in [0.4, 0.5) is 0 Å². The number of rotatable bonds is 5. The maximum Gasteiger partial charge on any atom is 0.120 e. The van der Waals surface area contributed by atoms with Gasteiger partial charge in [0.05, 0.1) is 6.04 Å². The Bertz CT molecular complexity index is 245. The van der Waals surface area contributed by atoms with Crippen LogP contribution in [-0.2, 0) is 6.42 Å². The molecule has 1 aromatic heterocycles. The molecule has 74 valence electrons. The van der Waals surface area contributed by atoms with Crippen molar-refractivity contribution in [3.8, 4) is 0 Å². The van der Waals surface area contributed by atoms with Crippen molar-refractivity contribution in [2.24, 2.45) is 11.5 Å². The van der Waals surface area contributed by atoms with Gasteiger partial charge in [-0.2, -0.15) is 0 Å². The van der Waals surface area contributed by atoms with E-state index in [0.29, 0.717) is 6.54 Å². The van der Waals surface area contributed by atoms with Gasteiger partial charge in [0.1, 0.15) is 11.5 Å². The van der Waals surface area contributed by atoms with Crippen molar-refractivity contribution in [2.45, 2.75) is 32.2 Å². The molecule has 0 spiro atoms. The van der Waals surface area contributed by atoms with E-state index in [4.69, 9.17) is 15.9 Å². The molecular weight excluding hydrogens is 164 g/mol. The molecule has 1 atom stereocenters. The van der Waals surface area contributed by atoms with Crippen LogP contribution >= 0.6 is 0 Å². The van der Waals surface area contributed by atoms with E-state index in [1.807, 2.05) is 12.1 Å². The molecule has 0 aliphatic rings. The van der Waals surface area contributed by atoms with Gasteiger partial charge in [0.2, 0.25) is 0 Å². The zero-order chi connectivity index (χ0) is 9.68. The smallest absolute Gasteiger partial charge is 0.120 e. The molecule has 0 bridgehead atoms. The number of nitrogens with two attached hydrogens (primary N) is 2. The van der Waals surface area contributed by atoms with Crippen molar-refractivity contribution in [1.82, 2.24) is 0 Å². The number of aryl methyl sites for hydroxylation is 1. The summed E-state index contributed by atoms with van der Waals surface area (Å²) in [5.74, 6) is 1.88. The monoisotopic (exact) mass is 182 g/mol. The minimum absolute atomic E-state index is 0.00356. The highest BCUT2D eigenvalue weighted by Crippen LogP contribution is 2.18. The third-order valence-corrected chi connectivity index (χ3v) is 2.12. The first-order valence-electron chi connectivity index (χ1n) is 4.82. The molecule has 1 heterocycles. The van der Waals surface area contributed by atoms with Crippen molar-refractivity contribution in [3.63, 3.8) is 0 Å². The molecule has 0 saturated heterocycles. The summed E-state index contributed by atoms with van der Waals surface area (Å²) in [6.45, 7) is 2.75. The summed E-state index contributed by atoms with van der Waals surface area (Å²) < 4.78 is 5.53. The van der Waals surface area contributed by atoms with Crippen molar-refractivity contribution in [1.29, 1.82) is 0 Å². The molecule has 0 unspecified atom stereocenters. The maximum atomic E-state index is 5.90. The molecule has 13 heavy (non-hydrogen) atoms. The molecule has 0 aliphatic carbocycles. The average molecular weight is 182 g/mol. The fourth-order valence-corrected chi connectivity index (χ4v) is 1.26. The zero-order valence-electron chi connectivity index (χ0n) is 8.12. The Morgan fingerprint density at radius 3 is 2.77 bits per heavy atom. The molecule has 3 nitrogen and oxygen atoms in total. The largest absolute Gasteiger partial charge is 0.464 e. The van der Waals surface area contributed by atoms with Crippen LogP contribution in [0, 0.1) is 0 Å². The number of hydrogen-bond donors (Lipinski definition) is 2. The predicted molar refractivity (Wildman–Crippen MR) is 53.3 cm³/mol. The molecule has 0 amide bonds. The minimum atomic E-state index is 0.00356. The lowest BCUT2D eigenvalue weighted by molar-refractivity contribution is 0.422. The first kappa shape index (κ1) is 10.3. The van der Waals surface area contributed by atoms with Gasteiger partial charge in [-0.3, -0.25) is 0 Å². The first-order valence-corrected chi connectivity index (χ1v) is 4.82. The van der Waals surface area contributed by atoms with E-state index in [9.17, 15) is 0 Å².